The van der Waals surface area contributed by atoms with Crippen LogP contribution in [-0.4, -0.2) is 5.78 Å². The Kier molecular flexibility index (Phi) is 3.37. The van der Waals surface area contributed by atoms with E-state index in [1.165, 1.54) is 0 Å². The fourth-order valence-corrected chi connectivity index (χ4v) is 1.65. The molecule has 0 unspecified atom stereocenters. The van der Waals surface area contributed by atoms with Crippen LogP contribution >= 0.6 is 12.1 Å². The Bertz CT molecular complexity index is 479. The number of carbonyl (C=O) groups excluding carboxylic acids is 1. The summed E-state index contributed by atoms with van der Waals surface area (Å²) in [7, 11) is 0. The molecule has 2 aromatic rings. The summed E-state index contributed by atoms with van der Waals surface area (Å²) >= 11 is 0.174. The number of ketones is 1. The molecule has 0 aliphatic carbocycles. The number of hydrogen-bond acceptors (Lipinski definition) is 2. The number of halogens is 1. The first kappa shape index (κ1) is 10.9. The van der Waals surface area contributed by atoms with Crippen molar-refractivity contribution in [3.8, 4) is 0 Å². The van der Waals surface area contributed by atoms with Crippen LogP contribution in [0.25, 0.3) is 0 Å². The highest BCUT2D eigenvalue weighted by Gasteiger charge is 2.07. The molecule has 80 valence electrons. The monoisotopic (exact) mass is 232 g/mol. The van der Waals surface area contributed by atoms with Crippen LogP contribution in [0.4, 0.5) is 3.89 Å². The normalized spacial score (nSPS) is 10.1. The zero-order valence-corrected chi connectivity index (χ0v) is 9.21. The lowest BCUT2D eigenvalue weighted by molar-refractivity contribution is 0.103. The van der Waals surface area contributed by atoms with Gasteiger partial charge < -0.3 is 0 Å². The average molecular weight is 232 g/mol. The van der Waals surface area contributed by atoms with Crippen LogP contribution in [0, 0.1) is 0 Å². The van der Waals surface area contributed by atoms with Gasteiger partial charge in [-0.05, 0) is 24.3 Å². The lowest BCUT2D eigenvalue weighted by atomic mass is 10.0. The van der Waals surface area contributed by atoms with Gasteiger partial charge in [0.25, 0.3) is 0 Å². The van der Waals surface area contributed by atoms with Crippen molar-refractivity contribution in [3.05, 3.63) is 65.7 Å². The lowest BCUT2D eigenvalue weighted by Crippen LogP contribution is -2.00. The van der Waals surface area contributed by atoms with E-state index in [-0.39, 0.29) is 17.9 Å². The SMILES string of the molecule is O=C(c1ccccc1)c1ccc(SF)cc1. The van der Waals surface area contributed by atoms with Gasteiger partial charge in [0.1, 0.15) is 0 Å². The van der Waals surface area contributed by atoms with Crippen LogP contribution in [0.5, 0.6) is 0 Å². The lowest BCUT2D eigenvalue weighted by Gasteiger charge is -2.01. The van der Waals surface area contributed by atoms with Gasteiger partial charge in [-0.2, -0.15) is 3.89 Å². The Morgan fingerprint density at radius 2 is 1.44 bits per heavy atom. The van der Waals surface area contributed by atoms with E-state index >= 15 is 0 Å². The highest BCUT2D eigenvalue weighted by atomic mass is 32.2. The number of rotatable bonds is 3. The molecule has 0 saturated heterocycles. The summed E-state index contributed by atoms with van der Waals surface area (Å²) in [6, 6.07) is 15.5. The Labute approximate surface area is 97.6 Å². The van der Waals surface area contributed by atoms with E-state index in [0.717, 1.165) is 0 Å². The molecule has 0 amide bonds. The van der Waals surface area contributed by atoms with E-state index in [1.807, 2.05) is 18.2 Å². The Morgan fingerprint density at radius 1 is 0.875 bits per heavy atom. The number of hydrogen-bond donors (Lipinski definition) is 0. The summed E-state index contributed by atoms with van der Waals surface area (Å²) in [4.78, 5) is 12.4. The Hall–Kier alpha value is -1.61. The molecule has 3 heteroatoms. The molecule has 0 heterocycles. The molecule has 2 aromatic carbocycles. The van der Waals surface area contributed by atoms with Crippen LogP contribution in [0.2, 0.25) is 0 Å². The maximum absolute atomic E-state index is 12.2. The molecule has 0 bridgehead atoms. The molecule has 1 nitrogen and oxygen atoms in total. The second-order valence-corrected chi connectivity index (χ2v) is 3.92. The van der Waals surface area contributed by atoms with Gasteiger partial charge in [-0.25, -0.2) is 0 Å². The quantitative estimate of drug-likeness (QED) is 0.747. The summed E-state index contributed by atoms with van der Waals surface area (Å²) in [6.45, 7) is 0. The third kappa shape index (κ3) is 2.31. The zero-order valence-electron chi connectivity index (χ0n) is 8.39. The number of benzene rings is 2. The third-order valence-electron chi connectivity index (χ3n) is 2.24. The van der Waals surface area contributed by atoms with Crippen LogP contribution in [0.3, 0.4) is 0 Å². The number of carbonyl (C=O) groups is 1. The van der Waals surface area contributed by atoms with Gasteiger partial charge >= 0.3 is 0 Å². The van der Waals surface area contributed by atoms with E-state index < -0.39 is 0 Å². The highest BCUT2D eigenvalue weighted by Crippen LogP contribution is 2.19. The zero-order chi connectivity index (χ0) is 11.4. The van der Waals surface area contributed by atoms with Crippen molar-refractivity contribution in [2.75, 3.05) is 0 Å². The molecule has 0 spiro atoms. The van der Waals surface area contributed by atoms with E-state index in [4.69, 9.17) is 0 Å². The molecule has 0 aliphatic rings. The molecule has 0 saturated carbocycles. The van der Waals surface area contributed by atoms with Crippen LogP contribution in [-0.2, 0) is 0 Å². The maximum atomic E-state index is 12.2. The Balaban J connectivity index is 2.28. The van der Waals surface area contributed by atoms with Crippen LogP contribution < -0.4 is 0 Å². The molecule has 2 rings (SSSR count). The standard InChI is InChI=1S/C13H9FOS/c14-16-12-8-6-11(7-9-12)13(15)10-4-2-1-3-5-10/h1-9H. The van der Waals surface area contributed by atoms with Gasteiger partial charge in [-0.1, -0.05) is 30.3 Å². The van der Waals surface area contributed by atoms with E-state index in [9.17, 15) is 8.68 Å². The summed E-state index contributed by atoms with van der Waals surface area (Å²) < 4.78 is 12.2. The van der Waals surface area contributed by atoms with Gasteiger partial charge in [0, 0.05) is 16.0 Å². The van der Waals surface area contributed by atoms with Crippen molar-refractivity contribution < 1.29 is 8.68 Å². The Morgan fingerprint density at radius 3 is 2.00 bits per heavy atom. The summed E-state index contributed by atoms with van der Waals surface area (Å²) in [5.74, 6) is -0.0454. The summed E-state index contributed by atoms with van der Waals surface area (Å²) in [5, 5.41) is 0. The fraction of sp³-hybridized carbons (Fsp3) is 0. The van der Waals surface area contributed by atoms with E-state index in [1.54, 1.807) is 36.4 Å². The summed E-state index contributed by atoms with van der Waals surface area (Å²) in [5.41, 5.74) is 1.21. The second-order valence-electron chi connectivity index (χ2n) is 3.30. The molecule has 0 fully saturated rings. The first-order valence-corrected chi connectivity index (χ1v) is 5.51. The van der Waals surface area contributed by atoms with Gasteiger partial charge in [-0.3, -0.25) is 4.79 Å². The van der Waals surface area contributed by atoms with Gasteiger partial charge in [0.2, 0.25) is 0 Å². The van der Waals surface area contributed by atoms with Crippen molar-refractivity contribution >= 4 is 17.9 Å². The predicted molar refractivity (Wildman–Crippen MR) is 63.3 cm³/mol. The minimum Gasteiger partial charge on any atom is -0.289 e. The van der Waals surface area contributed by atoms with Crippen molar-refractivity contribution in [1.29, 1.82) is 0 Å². The molecule has 0 atom stereocenters. The van der Waals surface area contributed by atoms with Crippen molar-refractivity contribution in [2.45, 2.75) is 4.90 Å². The smallest absolute Gasteiger partial charge is 0.193 e. The van der Waals surface area contributed by atoms with E-state index in [0.29, 0.717) is 16.0 Å². The fourth-order valence-electron chi connectivity index (χ4n) is 1.41. The highest BCUT2D eigenvalue weighted by molar-refractivity contribution is 7.94. The molecule has 0 aliphatic heterocycles. The van der Waals surface area contributed by atoms with Crippen LogP contribution in [0.15, 0.2) is 59.5 Å². The molecule has 0 radical (unpaired) electrons. The van der Waals surface area contributed by atoms with Gasteiger partial charge in [0.15, 0.2) is 5.78 Å². The van der Waals surface area contributed by atoms with Crippen molar-refractivity contribution in [3.63, 3.8) is 0 Å². The maximum Gasteiger partial charge on any atom is 0.193 e. The topological polar surface area (TPSA) is 17.1 Å². The van der Waals surface area contributed by atoms with Crippen molar-refractivity contribution in [2.24, 2.45) is 0 Å². The third-order valence-corrected chi connectivity index (χ3v) is 2.69. The summed E-state index contributed by atoms with van der Waals surface area (Å²) in [6.07, 6.45) is 0. The second kappa shape index (κ2) is 4.94. The molecule has 0 N–H and O–H groups in total. The average Bonchev–Trinajstić information content (AvgIpc) is 2.39. The van der Waals surface area contributed by atoms with Crippen LogP contribution in [0.1, 0.15) is 15.9 Å². The predicted octanol–water partition coefficient (Wildman–Crippen LogP) is 3.89. The van der Waals surface area contributed by atoms with Gasteiger partial charge in [0.05, 0.1) is 12.1 Å². The molecular formula is C13H9FOS. The molecular weight excluding hydrogens is 223 g/mol. The first-order chi connectivity index (χ1) is 7.81. The molecule has 16 heavy (non-hydrogen) atoms. The minimum absolute atomic E-state index is 0.0454. The first-order valence-electron chi connectivity index (χ1n) is 4.79. The van der Waals surface area contributed by atoms with Gasteiger partial charge in [-0.15, -0.1) is 0 Å². The largest absolute Gasteiger partial charge is 0.289 e. The van der Waals surface area contributed by atoms with Crippen molar-refractivity contribution in [1.82, 2.24) is 0 Å². The van der Waals surface area contributed by atoms with E-state index in [2.05, 4.69) is 0 Å². The minimum atomic E-state index is -0.0454. The molecule has 0 aromatic heterocycles.